The van der Waals surface area contributed by atoms with E-state index in [2.05, 4.69) is 135 Å². The summed E-state index contributed by atoms with van der Waals surface area (Å²) >= 11 is 0. The molecule has 4 aromatic heterocycles. The molecule has 0 aliphatic heterocycles. The van der Waals surface area contributed by atoms with Crippen LogP contribution in [0.2, 0.25) is 0 Å². The summed E-state index contributed by atoms with van der Waals surface area (Å²) in [5.41, 5.74) is 15.8. The molecule has 7 aromatic rings. The molecular formula is C40H44N4O+2. The molecule has 0 aliphatic rings. The van der Waals surface area contributed by atoms with E-state index in [9.17, 15) is 0 Å². The molecule has 0 fully saturated rings. The van der Waals surface area contributed by atoms with Gasteiger partial charge in [0.05, 0.1) is 12.6 Å². The maximum absolute atomic E-state index is 5.55. The van der Waals surface area contributed by atoms with Crippen molar-refractivity contribution < 1.29 is 13.9 Å². The van der Waals surface area contributed by atoms with Crippen LogP contribution in [0.4, 0.5) is 0 Å². The second-order valence-corrected chi connectivity index (χ2v) is 13.2. The van der Waals surface area contributed by atoms with E-state index in [0.29, 0.717) is 5.92 Å². The third-order valence-corrected chi connectivity index (χ3v) is 10.5. The number of pyridine rings is 2. The van der Waals surface area contributed by atoms with Crippen molar-refractivity contribution in [3.05, 3.63) is 112 Å². The molecule has 45 heavy (non-hydrogen) atoms. The van der Waals surface area contributed by atoms with E-state index in [-0.39, 0.29) is 0 Å². The number of aromatic amines is 2. The Balaban J connectivity index is 1.38. The van der Waals surface area contributed by atoms with Gasteiger partial charge in [0, 0.05) is 58.1 Å². The molecule has 4 heterocycles. The van der Waals surface area contributed by atoms with Crippen molar-refractivity contribution in [2.45, 2.75) is 53.9 Å². The highest BCUT2D eigenvalue weighted by Gasteiger charge is 2.27. The Morgan fingerprint density at radius 3 is 1.80 bits per heavy atom. The highest BCUT2D eigenvalue weighted by molar-refractivity contribution is 6.08. The lowest BCUT2D eigenvalue weighted by molar-refractivity contribution is -0.679. The molecule has 7 rings (SSSR count). The molecule has 0 radical (unpaired) electrons. The summed E-state index contributed by atoms with van der Waals surface area (Å²) < 4.78 is 10.2. The minimum absolute atomic E-state index is 0.368. The molecule has 5 heteroatoms. The molecule has 1 atom stereocenters. The van der Waals surface area contributed by atoms with Crippen LogP contribution >= 0.6 is 0 Å². The average molecular weight is 597 g/mol. The molecule has 5 nitrogen and oxygen atoms in total. The minimum Gasteiger partial charge on any atom is -0.497 e. The van der Waals surface area contributed by atoms with Crippen molar-refractivity contribution in [2.75, 3.05) is 7.11 Å². The SMILES string of the molecule is COc1ccc2c(c1)[nH]c1c(CC(Cc3cc(C)c(C)c(C)c3C)Cc3c4[nH]c5cc(C)ccc5c4cc[n+]3C)[n+](C)ccc12. The zero-order valence-electron chi connectivity index (χ0n) is 27.9. The monoisotopic (exact) mass is 596 g/mol. The summed E-state index contributed by atoms with van der Waals surface area (Å²) in [6.07, 6.45) is 7.36. The van der Waals surface area contributed by atoms with E-state index in [1.165, 1.54) is 82.9 Å². The number of hydrogen-bond acceptors (Lipinski definition) is 1. The van der Waals surface area contributed by atoms with E-state index in [0.717, 1.165) is 30.5 Å². The molecule has 2 N–H and O–H groups in total. The van der Waals surface area contributed by atoms with Gasteiger partial charge in [0.1, 0.15) is 30.9 Å². The van der Waals surface area contributed by atoms with Gasteiger partial charge in [-0.1, -0.05) is 18.2 Å². The van der Waals surface area contributed by atoms with Crippen LogP contribution in [0, 0.1) is 40.5 Å². The summed E-state index contributed by atoms with van der Waals surface area (Å²) in [5.74, 6) is 1.24. The standard InChI is InChI=1S/C40H42N4O/c1-23-9-11-31-33-13-15-43(6)37(39(33)41-35(31)17-23)20-28(19-29-18-24(2)25(3)26(4)27(29)5)21-38-40-34(14-16-44(38)7)32-12-10-30(45-8)22-36(32)42-40/h9-18,22,28H,19-21H2,1-8H3/p+2. The minimum atomic E-state index is 0.368. The van der Waals surface area contributed by atoms with Gasteiger partial charge in [-0.3, -0.25) is 0 Å². The molecule has 0 saturated carbocycles. The van der Waals surface area contributed by atoms with Crippen LogP contribution in [0.5, 0.6) is 5.75 Å². The number of methoxy groups -OCH3 is 1. The van der Waals surface area contributed by atoms with Crippen molar-refractivity contribution in [1.82, 2.24) is 9.97 Å². The topological polar surface area (TPSA) is 48.6 Å². The number of nitrogens with zero attached hydrogens (tertiary/aromatic N) is 2. The third kappa shape index (κ3) is 4.95. The van der Waals surface area contributed by atoms with Gasteiger partial charge in [0.25, 0.3) is 0 Å². The van der Waals surface area contributed by atoms with Gasteiger partial charge >= 0.3 is 0 Å². The molecular weight excluding hydrogens is 552 g/mol. The number of aryl methyl sites for hydroxylation is 4. The fraction of sp³-hybridized carbons (Fsp3) is 0.300. The van der Waals surface area contributed by atoms with Gasteiger partial charge in [-0.15, -0.1) is 0 Å². The van der Waals surface area contributed by atoms with E-state index in [1.54, 1.807) is 7.11 Å². The highest BCUT2D eigenvalue weighted by Crippen LogP contribution is 2.33. The first-order valence-corrected chi connectivity index (χ1v) is 16.1. The van der Waals surface area contributed by atoms with Gasteiger partial charge in [-0.25, -0.2) is 9.13 Å². The number of aromatic nitrogens is 4. The fourth-order valence-corrected chi connectivity index (χ4v) is 7.44. The first-order chi connectivity index (χ1) is 21.6. The Morgan fingerprint density at radius 2 is 1.20 bits per heavy atom. The lowest BCUT2D eigenvalue weighted by Gasteiger charge is -2.20. The maximum Gasteiger partial charge on any atom is 0.205 e. The number of nitrogens with one attached hydrogen (secondary N) is 2. The smallest absolute Gasteiger partial charge is 0.205 e. The van der Waals surface area contributed by atoms with E-state index >= 15 is 0 Å². The largest absolute Gasteiger partial charge is 0.497 e. The molecule has 0 bridgehead atoms. The van der Waals surface area contributed by atoms with E-state index < -0.39 is 0 Å². The summed E-state index contributed by atoms with van der Waals surface area (Å²) in [6.45, 7) is 11.3. The zero-order chi connectivity index (χ0) is 31.6. The zero-order valence-corrected chi connectivity index (χ0v) is 27.9. The summed E-state index contributed by atoms with van der Waals surface area (Å²) in [7, 11) is 6.11. The molecule has 0 aliphatic carbocycles. The first-order valence-electron chi connectivity index (χ1n) is 16.1. The van der Waals surface area contributed by atoms with Crippen molar-refractivity contribution in [3.8, 4) is 5.75 Å². The van der Waals surface area contributed by atoms with Gasteiger partial charge in [-0.2, -0.15) is 0 Å². The van der Waals surface area contributed by atoms with Gasteiger partial charge < -0.3 is 14.7 Å². The number of fused-ring (bicyclic) bond motifs is 6. The van der Waals surface area contributed by atoms with E-state index in [1.807, 2.05) is 0 Å². The number of hydrogen-bond donors (Lipinski definition) is 2. The Bertz CT molecular complexity index is 2270. The number of benzene rings is 3. The average Bonchev–Trinajstić information content (AvgIpc) is 3.58. The molecule has 228 valence electrons. The first kappa shape index (κ1) is 29.1. The van der Waals surface area contributed by atoms with Crippen LogP contribution in [0.25, 0.3) is 43.6 Å². The van der Waals surface area contributed by atoms with Crippen molar-refractivity contribution in [2.24, 2.45) is 20.0 Å². The van der Waals surface area contributed by atoms with Crippen LogP contribution in [0.15, 0.2) is 67.0 Å². The fourth-order valence-electron chi connectivity index (χ4n) is 7.44. The normalized spacial score (nSPS) is 12.6. The van der Waals surface area contributed by atoms with Crippen LogP contribution in [0.1, 0.15) is 44.8 Å². The lowest BCUT2D eigenvalue weighted by Crippen LogP contribution is -2.37. The Labute approximate surface area is 265 Å². The van der Waals surface area contributed by atoms with Gasteiger partial charge in [0.2, 0.25) is 11.4 Å². The molecule has 0 saturated heterocycles. The van der Waals surface area contributed by atoms with Crippen molar-refractivity contribution in [1.29, 1.82) is 0 Å². The van der Waals surface area contributed by atoms with Gasteiger partial charge in [0.15, 0.2) is 12.4 Å². The highest BCUT2D eigenvalue weighted by atomic mass is 16.5. The Hall–Kier alpha value is -4.64. The van der Waals surface area contributed by atoms with Crippen LogP contribution in [-0.4, -0.2) is 17.1 Å². The third-order valence-electron chi connectivity index (χ3n) is 10.5. The second-order valence-electron chi connectivity index (χ2n) is 13.2. The van der Waals surface area contributed by atoms with Crippen LogP contribution in [0.3, 0.4) is 0 Å². The number of H-pyrrole nitrogens is 2. The van der Waals surface area contributed by atoms with E-state index in [4.69, 9.17) is 4.74 Å². The van der Waals surface area contributed by atoms with Gasteiger partial charge in [-0.05, 0) is 98.5 Å². The maximum atomic E-state index is 5.55. The van der Waals surface area contributed by atoms with Crippen molar-refractivity contribution >= 4 is 43.6 Å². The molecule has 1 unspecified atom stereocenters. The molecule has 0 amide bonds. The van der Waals surface area contributed by atoms with Crippen molar-refractivity contribution in [3.63, 3.8) is 0 Å². The molecule has 3 aromatic carbocycles. The summed E-state index contributed by atoms with van der Waals surface area (Å²) in [6, 6.07) is 20.0. The Morgan fingerprint density at radius 1 is 0.622 bits per heavy atom. The summed E-state index contributed by atoms with van der Waals surface area (Å²) in [4.78, 5) is 7.61. The lowest BCUT2D eigenvalue weighted by atomic mass is 9.85. The quantitative estimate of drug-likeness (QED) is 0.181. The predicted octanol–water partition coefficient (Wildman–Crippen LogP) is 7.80. The Kier molecular flexibility index (Phi) is 7.15. The second kappa shape index (κ2) is 11.1. The predicted molar refractivity (Wildman–Crippen MR) is 185 cm³/mol. The van der Waals surface area contributed by atoms with Crippen LogP contribution < -0.4 is 13.9 Å². The van der Waals surface area contributed by atoms with Crippen LogP contribution in [-0.2, 0) is 33.4 Å². The molecule has 0 spiro atoms. The number of ether oxygens (including phenoxy) is 1. The number of rotatable bonds is 7. The summed E-state index contributed by atoms with van der Waals surface area (Å²) in [5, 5.41) is 5.08.